The van der Waals surface area contributed by atoms with E-state index in [0.717, 1.165) is 32.8 Å². The van der Waals surface area contributed by atoms with Crippen molar-refractivity contribution in [3.63, 3.8) is 0 Å². The molecular weight excluding hydrogens is 1200 g/mol. The maximum absolute atomic E-state index is 15.1. The number of halogens is 2. The van der Waals surface area contributed by atoms with Crippen LogP contribution in [0.25, 0.3) is 22.3 Å². The molecule has 458 valence electrons. The molecule has 0 spiro atoms. The van der Waals surface area contributed by atoms with E-state index in [4.69, 9.17) is 80.2 Å². The largest absolute Gasteiger partial charge is 0.479 e. The molecule has 29 nitrogen and oxygen atoms in total. The van der Waals surface area contributed by atoms with Crippen LogP contribution in [0, 0.1) is 5.92 Å². The number of ether oxygens (including phenoxy) is 7. The summed E-state index contributed by atoms with van der Waals surface area (Å²) in [7, 11) is -6.44. The number of benzene rings is 2. The van der Waals surface area contributed by atoms with E-state index in [1.165, 1.54) is 97.6 Å². The number of nitrogens with zero attached hydrogens (tertiary/aromatic N) is 8. The number of imidazole rings is 2. The SMILES string of the molecule is COC(=O)C(C)NP(=O)(OCC1OC(n2cnc3c(OCCO[C@]4(C)C(C=O)C(COP(=O)(NC5(C(=O)OC6CCCC6)CCC5)Oc5ccc(Cl)cc5)OC4n4cnc5c(OC)ncnc54)nc(N)nc32)[C@](C)(O)[C@@H]1O)Oc1ccc(Cl)cc1. The Morgan fingerprint density at radius 1 is 0.824 bits per heavy atom. The molecule has 4 aromatic heterocycles. The lowest BCUT2D eigenvalue weighted by Crippen LogP contribution is -2.57. The predicted octanol–water partition coefficient (Wildman–Crippen LogP) is 6.00. The van der Waals surface area contributed by atoms with Crippen molar-refractivity contribution in [2.24, 2.45) is 5.92 Å². The van der Waals surface area contributed by atoms with Crippen LogP contribution in [0.2, 0.25) is 10.0 Å². The molecule has 2 aromatic carbocycles. The number of nitrogens with one attached hydrogen (secondary N) is 2. The second-order valence-corrected chi connectivity index (χ2v) is 25.3. The zero-order chi connectivity index (χ0) is 60.5. The Kier molecular flexibility index (Phi) is 18.4. The number of aliphatic hydroxyl groups is 2. The third kappa shape index (κ3) is 13.0. The average molecular weight is 1260 g/mol. The molecule has 2 aliphatic heterocycles. The number of nitrogen functional groups attached to an aromatic ring is 1. The Balaban J connectivity index is 0.868. The fourth-order valence-electron chi connectivity index (χ4n) is 10.6. The molecule has 2 saturated heterocycles. The van der Waals surface area contributed by atoms with Crippen molar-refractivity contribution in [2.75, 3.05) is 46.4 Å². The molecule has 85 heavy (non-hydrogen) atoms. The minimum absolute atomic E-state index is 0.00184. The van der Waals surface area contributed by atoms with Gasteiger partial charge in [0, 0.05) is 10.0 Å². The number of carbonyl (C=O) groups excluding carboxylic acids is 3. The van der Waals surface area contributed by atoms with Crippen molar-refractivity contribution in [3.8, 4) is 23.3 Å². The van der Waals surface area contributed by atoms with Gasteiger partial charge in [-0.05, 0) is 114 Å². The number of nitrogens with two attached hydrogens (primary N) is 1. The zero-order valence-electron chi connectivity index (χ0n) is 46.6. The number of anilines is 1. The molecule has 6 N–H and O–H groups in total. The van der Waals surface area contributed by atoms with Crippen molar-refractivity contribution in [1.82, 2.24) is 49.2 Å². The summed E-state index contributed by atoms with van der Waals surface area (Å²) in [5.41, 5.74) is 1.68. The third-order valence-corrected chi connectivity index (χ3v) is 19.0. The predicted molar refractivity (Wildman–Crippen MR) is 299 cm³/mol. The van der Waals surface area contributed by atoms with Gasteiger partial charge in [-0.3, -0.25) is 27.8 Å². The lowest BCUT2D eigenvalue weighted by molar-refractivity contribution is -0.160. The van der Waals surface area contributed by atoms with Crippen LogP contribution < -0.4 is 34.4 Å². The third-order valence-electron chi connectivity index (χ3n) is 15.3. The van der Waals surface area contributed by atoms with Gasteiger partial charge in [-0.15, -0.1) is 0 Å². The van der Waals surface area contributed by atoms with Crippen LogP contribution in [0.3, 0.4) is 0 Å². The molecule has 0 radical (unpaired) electrons. The number of hydrogen-bond donors (Lipinski definition) is 5. The zero-order valence-corrected chi connectivity index (χ0v) is 49.9. The maximum Gasteiger partial charge on any atom is 0.459 e. The Morgan fingerprint density at radius 3 is 2.04 bits per heavy atom. The summed E-state index contributed by atoms with van der Waals surface area (Å²) in [6.45, 7) is 2.58. The van der Waals surface area contributed by atoms with E-state index in [-0.39, 0.29) is 70.9 Å². The Bertz CT molecular complexity index is 3490. The van der Waals surface area contributed by atoms with Gasteiger partial charge in [0.2, 0.25) is 17.7 Å². The van der Waals surface area contributed by atoms with E-state index >= 15 is 4.57 Å². The van der Waals surface area contributed by atoms with Crippen LogP contribution >= 0.6 is 38.7 Å². The first-order chi connectivity index (χ1) is 40.6. The molecule has 0 amide bonds. The van der Waals surface area contributed by atoms with E-state index in [9.17, 15) is 29.2 Å². The first kappa shape index (κ1) is 61.9. The molecule has 6 heterocycles. The van der Waals surface area contributed by atoms with Gasteiger partial charge >= 0.3 is 27.4 Å². The fraction of sp³-hybridized carbons (Fsp3) is 0.519. The number of esters is 2. The number of aromatic nitrogens is 8. The number of aliphatic hydroxyl groups excluding tert-OH is 1. The quantitative estimate of drug-likeness (QED) is 0.0180. The van der Waals surface area contributed by atoms with Gasteiger partial charge in [0.05, 0.1) is 58.7 Å². The first-order valence-corrected chi connectivity index (χ1v) is 30.8. The summed E-state index contributed by atoms with van der Waals surface area (Å²) in [5, 5.41) is 29.5. The summed E-state index contributed by atoms with van der Waals surface area (Å²) >= 11 is 12.2. The molecule has 11 atom stereocenters. The van der Waals surface area contributed by atoms with Crippen molar-refractivity contribution in [1.29, 1.82) is 0 Å². The first-order valence-electron chi connectivity index (χ1n) is 27.0. The minimum Gasteiger partial charge on any atom is -0.479 e. The molecule has 2 saturated carbocycles. The van der Waals surface area contributed by atoms with Crippen LogP contribution in [0.15, 0.2) is 67.5 Å². The van der Waals surface area contributed by atoms with Crippen LogP contribution in [-0.2, 0) is 56.2 Å². The highest BCUT2D eigenvalue weighted by molar-refractivity contribution is 7.52. The summed E-state index contributed by atoms with van der Waals surface area (Å²) in [5.74, 6) is -2.63. The number of rotatable bonds is 26. The Labute approximate surface area is 495 Å². The van der Waals surface area contributed by atoms with Crippen LogP contribution in [0.1, 0.15) is 78.2 Å². The van der Waals surface area contributed by atoms with Crippen molar-refractivity contribution in [3.05, 3.63) is 77.6 Å². The summed E-state index contributed by atoms with van der Waals surface area (Å²) in [4.78, 5) is 65.9. The van der Waals surface area contributed by atoms with Gasteiger partial charge < -0.3 is 62.9 Å². The average Bonchev–Trinajstić information content (AvgIpc) is 2.32. The van der Waals surface area contributed by atoms with E-state index in [0.29, 0.717) is 35.6 Å². The number of carbonyl (C=O) groups is 3. The topological polar surface area (TPSA) is 365 Å². The number of hydrogen-bond acceptors (Lipinski definition) is 25. The van der Waals surface area contributed by atoms with Crippen molar-refractivity contribution in [2.45, 2.75) is 125 Å². The van der Waals surface area contributed by atoms with E-state index in [1.54, 1.807) is 6.92 Å². The highest BCUT2D eigenvalue weighted by Gasteiger charge is 2.59. The lowest BCUT2D eigenvalue weighted by Gasteiger charge is -2.41. The summed E-state index contributed by atoms with van der Waals surface area (Å²) < 4.78 is 97.6. The molecule has 0 bridgehead atoms. The normalized spacial score (nSPS) is 26.5. The van der Waals surface area contributed by atoms with Crippen molar-refractivity contribution < 1.29 is 85.0 Å². The van der Waals surface area contributed by atoms with Crippen LogP contribution in [0.4, 0.5) is 5.95 Å². The highest BCUT2D eigenvalue weighted by Crippen LogP contribution is 2.54. The Morgan fingerprint density at radius 2 is 1.42 bits per heavy atom. The molecule has 8 unspecified atom stereocenters. The smallest absolute Gasteiger partial charge is 0.459 e. The van der Waals surface area contributed by atoms with Gasteiger partial charge in [0.1, 0.15) is 71.8 Å². The van der Waals surface area contributed by atoms with E-state index in [2.05, 4.69) is 40.1 Å². The molecular formula is C52H63Cl2N11O18P2. The fourth-order valence-corrected chi connectivity index (χ4v) is 14.1. The van der Waals surface area contributed by atoms with Gasteiger partial charge in [0.25, 0.3) is 0 Å². The molecule has 10 rings (SSSR count). The Hall–Kier alpha value is -6.17. The van der Waals surface area contributed by atoms with Gasteiger partial charge in [-0.2, -0.15) is 25.1 Å². The molecule has 6 aromatic rings. The highest BCUT2D eigenvalue weighted by atomic mass is 35.5. The van der Waals surface area contributed by atoms with Crippen LogP contribution in [0.5, 0.6) is 23.3 Å². The maximum atomic E-state index is 15.1. The van der Waals surface area contributed by atoms with E-state index < -0.39 is 100 Å². The number of fused-ring (bicyclic) bond motifs is 2. The molecule has 4 fully saturated rings. The second kappa shape index (κ2) is 25.3. The van der Waals surface area contributed by atoms with Gasteiger partial charge in [0.15, 0.2) is 34.8 Å². The monoisotopic (exact) mass is 1260 g/mol. The molecule has 2 aliphatic carbocycles. The number of methoxy groups -OCH3 is 2. The lowest BCUT2D eigenvalue weighted by atomic mass is 9.78. The minimum atomic E-state index is -4.55. The van der Waals surface area contributed by atoms with Crippen molar-refractivity contribution >= 4 is 85.2 Å². The summed E-state index contributed by atoms with van der Waals surface area (Å²) in [6, 6.07) is 10.7. The molecule has 33 heteroatoms. The molecule has 4 aliphatic rings. The van der Waals surface area contributed by atoms with Crippen LogP contribution in [-0.4, -0.2) is 155 Å². The van der Waals surface area contributed by atoms with Gasteiger partial charge in [-0.1, -0.05) is 23.2 Å². The summed E-state index contributed by atoms with van der Waals surface area (Å²) in [6.07, 6.45) is 1.92. The standard InChI is InChI=1S/C52H63Cl2N11O18P2/c1-29(45(68)74-5)62-84(71,82-33-15-11-30(53)12-16-33)77-25-37-40(67)50(2,70)46(81-37)65-28-59-39-42(65)60-49(55)61-44(39)75-21-22-76-51(3)35(23-66)36(80-47(51)64-27-58-38-41(64)56-26-57-43(38)73-4)24-78-85(72,83-34-17-13-31(54)14-18-34)63-52(19-8-20-52)48(69)79-32-9-6-7-10-32/h11-18,23,26-29,32,35-37,40,46-47,67,70H,6-10,19-22,24-25H2,1-5H3,(H,62,71)(H,63,72)(H2,55,60,61)/t29?,35?,36?,37?,40-,46?,47?,50-,51-,84?,85?/m1/s1. The number of aldehydes is 1. The van der Waals surface area contributed by atoms with E-state index in [1.807, 2.05) is 0 Å². The van der Waals surface area contributed by atoms with Gasteiger partial charge in [-0.25, -0.2) is 24.1 Å². The second-order valence-electron chi connectivity index (χ2n) is 21.1.